The highest BCUT2D eigenvalue weighted by Gasteiger charge is 2.43. The van der Waals surface area contributed by atoms with Crippen LogP contribution in [0.1, 0.15) is 38.8 Å². The van der Waals surface area contributed by atoms with Crippen LogP contribution in [0.2, 0.25) is 0 Å². The van der Waals surface area contributed by atoms with Gasteiger partial charge in [-0.05, 0) is 24.3 Å². The average molecular weight is 361 g/mol. The molecule has 0 N–H and O–H groups in total. The molecule has 1 aromatic rings. The minimum absolute atomic E-state index is 0.0790. The van der Waals surface area contributed by atoms with Crippen LogP contribution >= 0.6 is 0 Å². The fourth-order valence-electron chi connectivity index (χ4n) is 2.96. The number of hydrogen-bond acceptors (Lipinski definition) is 6. The van der Waals surface area contributed by atoms with Crippen molar-refractivity contribution in [2.75, 3.05) is 6.61 Å². The molecule has 0 aliphatic carbocycles. The van der Waals surface area contributed by atoms with Gasteiger partial charge in [-0.2, -0.15) is 0 Å². The topological polar surface area (TPSA) is 74.2 Å². The number of aryl methyl sites for hydroxylation is 1. The number of rotatable bonds is 5. The molecule has 0 radical (unpaired) electrons. The van der Waals surface area contributed by atoms with Crippen LogP contribution in [0.4, 0.5) is 0 Å². The lowest BCUT2D eigenvalue weighted by Gasteiger charge is -2.42. The third-order valence-corrected chi connectivity index (χ3v) is 4.75. The molecule has 6 heteroatoms. The Bertz CT molecular complexity index is 655. The second kappa shape index (κ2) is 8.94. The zero-order valence-electron chi connectivity index (χ0n) is 16.0. The second-order valence-electron chi connectivity index (χ2n) is 6.85. The zero-order valence-corrected chi connectivity index (χ0v) is 16.0. The Hall–Kier alpha value is -2.21. The van der Waals surface area contributed by atoms with E-state index in [0.29, 0.717) is 0 Å². The standard InChI is InChI=1S/C20H27NO5/c1-12-6-8-17(9-7-12)10-21-19-14(3)13(2)18(11-24-15(4)22)26-20(19)25-16(5)23/h6-10,13-14,18-20H,11H2,1-5H3/t13-,14-,18?,19?,20+/m0/s1. The molecule has 142 valence electrons. The molecule has 1 aliphatic rings. The summed E-state index contributed by atoms with van der Waals surface area (Å²) in [6.07, 6.45) is 0.629. The molecule has 0 saturated carbocycles. The smallest absolute Gasteiger partial charge is 0.305 e. The van der Waals surface area contributed by atoms with Gasteiger partial charge in [0.25, 0.3) is 0 Å². The van der Waals surface area contributed by atoms with Crippen LogP contribution in [0.3, 0.4) is 0 Å². The molecule has 0 aromatic heterocycles. The maximum Gasteiger partial charge on any atom is 0.305 e. The van der Waals surface area contributed by atoms with Gasteiger partial charge in [-0.1, -0.05) is 43.7 Å². The summed E-state index contributed by atoms with van der Waals surface area (Å²) in [5.41, 5.74) is 2.15. The Morgan fingerprint density at radius 1 is 1.12 bits per heavy atom. The molecule has 1 heterocycles. The predicted molar refractivity (Wildman–Crippen MR) is 97.9 cm³/mol. The Morgan fingerprint density at radius 3 is 2.35 bits per heavy atom. The largest absolute Gasteiger partial charge is 0.463 e. The van der Waals surface area contributed by atoms with Crippen LogP contribution in [-0.2, 0) is 23.8 Å². The van der Waals surface area contributed by atoms with Crippen LogP contribution in [0, 0.1) is 18.8 Å². The molecule has 26 heavy (non-hydrogen) atoms. The van der Waals surface area contributed by atoms with Gasteiger partial charge in [0.15, 0.2) is 0 Å². The number of ether oxygens (including phenoxy) is 3. The van der Waals surface area contributed by atoms with Gasteiger partial charge in [-0.15, -0.1) is 0 Å². The molecule has 5 atom stereocenters. The first-order valence-electron chi connectivity index (χ1n) is 8.84. The molecule has 2 unspecified atom stereocenters. The highest BCUT2D eigenvalue weighted by Crippen LogP contribution is 2.33. The quantitative estimate of drug-likeness (QED) is 0.595. The minimum atomic E-state index is -0.805. The normalized spacial score (nSPS) is 28.7. The van der Waals surface area contributed by atoms with Crippen LogP contribution in [0.25, 0.3) is 0 Å². The van der Waals surface area contributed by atoms with E-state index >= 15 is 0 Å². The maximum absolute atomic E-state index is 11.5. The monoisotopic (exact) mass is 361 g/mol. The van der Waals surface area contributed by atoms with Gasteiger partial charge < -0.3 is 14.2 Å². The molecule has 2 rings (SSSR count). The maximum atomic E-state index is 11.5. The Labute approximate surface area is 154 Å². The van der Waals surface area contributed by atoms with Crippen molar-refractivity contribution < 1.29 is 23.8 Å². The molecule has 0 spiro atoms. The van der Waals surface area contributed by atoms with E-state index in [0.717, 1.165) is 5.56 Å². The number of benzene rings is 1. The molecule has 0 bridgehead atoms. The third-order valence-electron chi connectivity index (χ3n) is 4.75. The Balaban J connectivity index is 2.17. The van der Waals surface area contributed by atoms with Crippen LogP contribution in [0.15, 0.2) is 29.3 Å². The number of aliphatic imine (C=N–C) groups is 1. The number of esters is 2. The first kappa shape index (κ1) is 20.1. The lowest BCUT2D eigenvalue weighted by Crippen LogP contribution is -2.51. The van der Waals surface area contributed by atoms with Crippen LogP contribution in [0.5, 0.6) is 0 Å². The highest BCUT2D eigenvalue weighted by molar-refractivity contribution is 5.79. The summed E-state index contributed by atoms with van der Waals surface area (Å²) in [4.78, 5) is 27.2. The first-order valence-corrected chi connectivity index (χ1v) is 8.84. The van der Waals surface area contributed by atoms with Crippen molar-refractivity contribution >= 4 is 18.2 Å². The summed E-state index contributed by atoms with van der Waals surface area (Å²) in [5.74, 6) is -0.632. The average Bonchev–Trinajstić information content (AvgIpc) is 2.57. The third kappa shape index (κ3) is 5.39. The van der Waals surface area contributed by atoms with Crippen molar-refractivity contribution in [2.45, 2.75) is 53.1 Å². The SMILES string of the molecule is CC(=O)OCC1O[C@@H](OC(C)=O)C(N=Cc2ccc(C)cc2)[C@@H](C)[C@@H]1C. The molecule has 1 aromatic carbocycles. The van der Waals surface area contributed by atoms with Gasteiger partial charge in [0.1, 0.15) is 12.6 Å². The van der Waals surface area contributed by atoms with E-state index in [2.05, 4.69) is 4.99 Å². The molecule has 0 amide bonds. The Morgan fingerprint density at radius 2 is 1.77 bits per heavy atom. The first-order chi connectivity index (χ1) is 12.3. The summed E-state index contributed by atoms with van der Waals surface area (Å²) in [6, 6.07) is 7.68. The lowest BCUT2D eigenvalue weighted by molar-refractivity contribution is -0.234. The van der Waals surface area contributed by atoms with Crippen molar-refractivity contribution in [3.8, 4) is 0 Å². The molecule has 1 aliphatic heterocycles. The van der Waals surface area contributed by atoms with E-state index in [4.69, 9.17) is 14.2 Å². The highest BCUT2D eigenvalue weighted by atomic mass is 16.7. The van der Waals surface area contributed by atoms with Crippen molar-refractivity contribution in [1.82, 2.24) is 0 Å². The summed E-state index contributed by atoms with van der Waals surface area (Å²) in [7, 11) is 0. The summed E-state index contributed by atoms with van der Waals surface area (Å²) in [6.45, 7) is 8.93. The van der Waals surface area contributed by atoms with E-state index < -0.39 is 12.3 Å². The van der Waals surface area contributed by atoms with Crippen LogP contribution < -0.4 is 0 Å². The lowest BCUT2D eigenvalue weighted by atomic mass is 9.82. The zero-order chi connectivity index (χ0) is 19.3. The van der Waals surface area contributed by atoms with Gasteiger partial charge >= 0.3 is 11.9 Å². The summed E-state index contributed by atoms with van der Waals surface area (Å²) < 4.78 is 16.4. The second-order valence-corrected chi connectivity index (χ2v) is 6.85. The van der Waals surface area contributed by atoms with Gasteiger partial charge in [-0.3, -0.25) is 14.6 Å². The van der Waals surface area contributed by atoms with Crippen molar-refractivity contribution in [3.63, 3.8) is 0 Å². The van der Waals surface area contributed by atoms with E-state index in [-0.39, 0.29) is 36.6 Å². The van der Waals surface area contributed by atoms with Crippen molar-refractivity contribution in [3.05, 3.63) is 35.4 Å². The summed E-state index contributed by atoms with van der Waals surface area (Å²) >= 11 is 0. The molecular formula is C20H27NO5. The number of carbonyl (C=O) groups is 2. The van der Waals surface area contributed by atoms with E-state index in [1.165, 1.54) is 19.4 Å². The van der Waals surface area contributed by atoms with Crippen LogP contribution in [-0.4, -0.2) is 43.2 Å². The number of hydrogen-bond donors (Lipinski definition) is 0. The van der Waals surface area contributed by atoms with E-state index in [9.17, 15) is 9.59 Å². The molecule has 1 fully saturated rings. The van der Waals surface area contributed by atoms with E-state index in [1.807, 2.05) is 45.0 Å². The van der Waals surface area contributed by atoms with Gasteiger partial charge in [0.2, 0.25) is 6.29 Å². The predicted octanol–water partition coefficient (Wildman–Crippen LogP) is 2.91. The number of nitrogens with zero attached hydrogens (tertiary/aromatic N) is 1. The molecular weight excluding hydrogens is 334 g/mol. The molecule has 1 saturated heterocycles. The Kier molecular flexibility index (Phi) is 6.91. The van der Waals surface area contributed by atoms with Crippen molar-refractivity contribution in [2.24, 2.45) is 16.8 Å². The molecule has 6 nitrogen and oxygen atoms in total. The summed E-state index contributed by atoms with van der Waals surface area (Å²) in [5, 5.41) is 0. The minimum Gasteiger partial charge on any atom is -0.463 e. The van der Waals surface area contributed by atoms with Gasteiger partial charge in [0.05, 0.1) is 6.10 Å². The van der Waals surface area contributed by atoms with Gasteiger partial charge in [0, 0.05) is 20.1 Å². The van der Waals surface area contributed by atoms with Gasteiger partial charge in [-0.25, -0.2) is 0 Å². The van der Waals surface area contributed by atoms with Crippen molar-refractivity contribution in [1.29, 1.82) is 0 Å². The fraction of sp³-hybridized carbons (Fsp3) is 0.550. The fourth-order valence-corrected chi connectivity index (χ4v) is 2.96. The van der Waals surface area contributed by atoms with E-state index in [1.54, 1.807) is 6.21 Å². The number of carbonyl (C=O) groups excluding carboxylic acids is 2.